The van der Waals surface area contributed by atoms with Crippen molar-refractivity contribution in [2.75, 3.05) is 26.7 Å². The number of nitrogens with zero attached hydrogens (tertiary/aromatic N) is 1. The van der Waals surface area contributed by atoms with Gasteiger partial charge in [0.05, 0.1) is 25.9 Å². The monoisotopic (exact) mass is 302 g/mol. The zero-order chi connectivity index (χ0) is 15.7. The molecule has 3 rings (SSSR count). The second-order valence-corrected chi connectivity index (χ2v) is 5.99. The molecule has 5 heteroatoms. The molecule has 5 nitrogen and oxygen atoms in total. The quantitative estimate of drug-likeness (QED) is 0.882. The van der Waals surface area contributed by atoms with E-state index in [1.165, 1.54) is 0 Å². The first-order valence-electron chi connectivity index (χ1n) is 7.63. The molecule has 0 unspecified atom stereocenters. The van der Waals surface area contributed by atoms with Gasteiger partial charge in [-0.05, 0) is 32.0 Å². The number of Topliss-reactive ketones (excluding diaryl/α,β-unsaturated/α-hetero) is 1. The number of H-pyrrole nitrogens is 1. The van der Waals surface area contributed by atoms with Gasteiger partial charge in [0.15, 0.2) is 5.78 Å². The van der Waals surface area contributed by atoms with E-state index < -0.39 is 0 Å². The van der Waals surface area contributed by atoms with Crippen LogP contribution in [0.5, 0.6) is 5.75 Å². The van der Waals surface area contributed by atoms with Gasteiger partial charge in [-0.2, -0.15) is 0 Å². The van der Waals surface area contributed by atoms with E-state index >= 15 is 0 Å². The molecule has 2 aromatic rings. The number of benzene rings is 1. The summed E-state index contributed by atoms with van der Waals surface area (Å²) in [6, 6.07) is 5.73. The second-order valence-electron chi connectivity index (χ2n) is 5.99. The Morgan fingerprint density at radius 3 is 2.77 bits per heavy atom. The van der Waals surface area contributed by atoms with Crippen LogP contribution in [0.25, 0.3) is 10.9 Å². The molecule has 0 bridgehead atoms. The molecule has 2 heterocycles. The first-order valence-corrected chi connectivity index (χ1v) is 7.63. The van der Waals surface area contributed by atoms with E-state index in [2.05, 4.69) is 9.88 Å². The number of carbonyl (C=O) groups excluding carboxylic acids is 1. The Morgan fingerprint density at radius 2 is 2.09 bits per heavy atom. The molecule has 0 radical (unpaired) electrons. The lowest BCUT2D eigenvalue weighted by molar-refractivity contribution is -0.0652. The number of carbonyl (C=O) groups is 1. The van der Waals surface area contributed by atoms with E-state index in [1.54, 1.807) is 13.3 Å². The summed E-state index contributed by atoms with van der Waals surface area (Å²) < 4.78 is 11.0. The van der Waals surface area contributed by atoms with Gasteiger partial charge in [0.2, 0.25) is 0 Å². The van der Waals surface area contributed by atoms with Gasteiger partial charge >= 0.3 is 0 Å². The predicted octanol–water partition coefficient (Wildman–Crippen LogP) is 2.47. The fraction of sp³-hybridized carbons (Fsp3) is 0.471. The Hall–Kier alpha value is -1.85. The van der Waals surface area contributed by atoms with Crippen LogP contribution in [0, 0.1) is 0 Å². The van der Waals surface area contributed by atoms with Crippen LogP contribution in [0.1, 0.15) is 24.2 Å². The maximum absolute atomic E-state index is 12.7. The summed E-state index contributed by atoms with van der Waals surface area (Å²) in [5.74, 6) is 0.885. The Kier molecular flexibility index (Phi) is 4.18. The molecule has 1 fully saturated rings. The van der Waals surface area contributed by atoms with Crippen LogP contribution in [0.4, 0.5) is 0 Å². The van der Waals surface area contributed by atoms with Crippen LogP contribution < -0.4 is 4.74 Å². The van der Waals surface area contributed by atoms with Crippen molar-refractivity contribution < 1.29 is 14.3 Å². The van der Waals surface area contributed by atoms with E-state index in [-0.39, 0.29) is 18.0 Å². The van der Waals surface area contributed by atoms with Gasteiger partial charge in [0.25, 0.3) is 0 Å². The van der Waals surface area contributed by atoms with Gasteiger partial charge in [-0.1, -0.05) is 0 Å². The molecule has 118 valence electrons. The van der Waals surface area contributed by atoms with E-state index in [4.69, 9.17) is 9.47 Å². The number of ketones is 1. The number of ether oxygens (including phenoxy) is 2. The number of nitrogens with one attached hydrogen (secondary N) is 1. The molecule has 1 aromatic heterocycles. The number of rotatable bonds is 4. The average molecular weight is 302 g/mol. The number of methoxy groups -OCH3 is 1. The van der Waals surface area contributed by atoms with Crippen molar-refractivity contribution in [1.82, 2.24) is 9.88 Å². The minimum atomic E-state index is 0.126. The summed E-state index contributed by atoms with van der Waals surface area (Å²) in [7, 11) is 1.63. The first kappa shape index (κ1) is 15.1. The fourth-order valence-electron chi connectivity index (χ4n) is 3.16. The minimum absolute atomic E-state index is 0.126. The lowest BCUT2D eigenvalue weighted by atomic mass is 10.1. The summed E-state index contributed by atoms with van der Waals surface area (Å²) in [5, 5.41) is 0.915. The van der Waals surface area contributed by atoms with Crippen LogP contribution in [0.3, 0.4) is 0 Å². The fourth-order valence-corrected chi connectivity index (χ4v) is 3.16. The van der Waals surface area contributed by atoms with E-state index in [9.17, 15) is 4.79 Å². The molecule has 0 spiro atoms. The molecule has 2 atom stereocenters. The molecule has 1 aliphatic rings. The number of fused-ring (bicyclic) bond motifs is 1. The van der Waals surface area contributed by atoms with Crippen LogP contribution in [0.2, 0.25) is 0 Å². The summed E-state index contributed by atoms with van der Waals surface area (Å²) in [4.78, 5) is 18.0. The molecular weight excluding hydrogens is 280 g/mol. The molecule has 0 aliphatic carbocycles. The standard InChI is InChI=1S/C17H22N2O3/c1-11-8-19(9-12(2)22-11)10-17(20)15-7-18-16-5-4-13(21-3)6-14(15)16/h4-7,11-12,18H,8-10H2,1-3H3/t11-,12-/m0/s1. The van der Waals surface area contributed by atoms with Gasteiger partial charge in [-0.25, -0.2) is 0 Å². The molecule has 1 aliphatic heterocycles. The molecule has 22 heavy (non-hydrogen) atoms. The minimum Gasteiger partial charge on any atom is -0.497 e. The molecule has 0 amide bonds. The predicted molar refractivity (Wildman–Crippen MR) is 85.6 cm³/mol. The number of aromatic nitrogens is 1. The highest BCUT2D eigenvalue weighted by atomic mass is 16.5. The number of hydrogen-bond donors (Lipinski definition) is 1. The van der Waals surface area contributed by atoms with Crippen LogP contribution in [0.15, 0.2) is 24.4 Å². The van der Waals surface area contributed by atoms with E-state index in [0.717, 1.165) is 35.3 Å². The molecule has 1 N–H and O–H groups in total. The first-order chi connectivity index (χ1) is 10.6. The van der Waals surface area contributed by atoms with Crippen molar-refractivity contribution in [2.45, 2.75) is 26.1 Å². The smallest absolute Gasteiger partial charge is 0.178 e. The summed E-state index contributed by atoms with van der Waals surface area (Å²) >= 11 is 0. The van der Waals surface area contributed by atoms with Gasteiger partial charge in [0.1, 0.15) is 5.75 Å². The zero-order valence-corrected chi connectivity index (χ0v) is 13.3. The summed E-state index contributed by atoms with van der Waals surface area (Å²) in [6.45, 7) is 6.10. The largest absolute Gasteiger partial charge is 0.497 e. The third-order valence-corrected chi connectivity index (χ3v) is 4.05. The Morgan fingerprint density at radius 1 is 1.36 bits per heavy atom. The molecule has 1 aromatic carbocycles. The molecule has 0 saturated carbocycles. The van der Waals surface area contributed by atoms with Crippen LogP contribution in [-0.4, -0.2) is 54.6 Å². The second kappa shape index (κ2) is 6.10. The van der Waals surface area contributed by atoms with Crippen molar-refractivity contribution >= 4 is 16.7 Å². The van der Waals surface area contributed by atoms with Crippen molar-refractivity contribution in [2.24, 2.45) is 0 Å². The SMILES string of the molecule is COc1ccc2[nH]cc(C(=O)CN3C[C@H](C)O[C@@H](C)C3)c2c1. The lowest BCUT2D eigenvalue weighted by Gasteiger charge is -2.34. The van der Waals surface area contributed by atoms with Gasteiger partial charge in [-0.15, -0.1) is 0 Å². The Labute approximate surface area is 130 Å². The Balaban J connectivity index is 1.80. The lowest BCUT2D eigenvalue weighted by Crippen LogP contribution is -2.47. The normalized spacial score (nSPS) is 22.9. The molecule has 1 saturated heterocycles. The highest BCUT2D eigenvalue weighted by molar-refractivity contribution is 6.09. The zero-order valence-electron chi connectivity index (χ0n) is 13.3. The van der Waals surface area contributed by atoms with Crippen LogP contribution in [-0.2, 0) is 4.74 Å². The molecular formula is C17H22N2O3. The third kappa shape index (κ3) is 3.00. The number of morpholine rings is 1. The third-order valence-electron chi connectivity index (χ3n) is 4.05. The maximum atomic E-state index is 12.7. The average Bonchev–Trinajstić information content (AvgIpc) is 2.88. The van der Waals surface area contributed by atoms with Crippen molar-refractivity contribution in [3.05, 3.63) is 30.0 Å². The van der Waals surface area contributed by atoms with Crippen molar-refractivity contribution in [1.29, 1.82) is 0 Å². The topological polar surface area (TPSA) is 54.6 Å². The Bertz CT molecular complexity index is 670. The van der Waals surface area contributed by atoms with E-state index in [1.807, 2.05) is 32.0 Å². The highest BCUT2D eigenvalue weighted by Gasteiger charge is 2.24. The summed E-state index contributed by atoms with van der Waals surface area (Å²) in [6.07, 6.45) is 2.12. The summed E-state index contributed by atoms with van der Waals surface area (Å²) in [5.41, 5.74) is 1.67. The van der Waals surface area contributed by atoms with E-state index in [0.29, 0.717) is 6.54 Å². The number of aromatic amines is 1. The van der Waals surface area contributed by atoms with Gasteiger partial charge in [-0.3, -0.25) is 9.69 Å². The van der Waals surface area contributed by atoms with Crippen molar-refractivity contribution in [3.63, 3.8) is 0 Å². The van der Waals surface area contributed by atoms with Gasteiger partial charge in [0, 0.05) is 35.8 Å². The number of hydrogen-bond acceptors (Lipinski definition) is 4. The maximum Gasteiger partial charge on any atom is 0.178 e. The van der Waals surface area contributed by atoms with Gasteiger partial charge < -0.3 is 14.5 Å². The van der Waals surface area contributed by atoms with Crippen molar-refractivity contribution in [3.8, 4) is 5.75 Å². The van der Waals surface area contributed by atoms with Crippen LogP contribution >= 0.6 is 0 Å². The highest BCUT2D eigenvalue weighted by Crippen LogP contribution is 2.24.